The van der Waals surface area contributed by atoms with Crippen molar-refractivity contribution in [3.8, 4) is 0 Å². The van der Waals surface area contributed by atoms with E-state index >= 15 is 0 Å². The Balaban J connectivity index is -0.0000000969. The van der Waals surface area contributed by atoms with E-state index in [4.69, 9.17) is 0 Å². The van der Waals surface area contributed by atoms with Crippen LogP contribution in [-0.2, 0) is 0 Å². The molecule has 0 saturated heterocycles. The summed E-state index contributed by atoms with van der Waals surface area (Å²) in [5, 5.41) is 0. The second-order valence-corrected chi connectivity index (χ2v) is 30.4. The van der Waals surface area contributed by atoms with Crippen LogP contribution in [0, 0.1) is 68.5 Å². The summed E-state index contributed by atoms with van der Waals surface area (Å²) in [6.07, 6.45) is 14.6. The van der Waals surface area contributed by atoms with Crippen molar-refractivity contribution in [1.29, 1.82) is 0 Å². The van der Waals surface area contributed by atoms with Gasteiger partial charge in [-0.1, -0.05) is 287 Å². The Morgan fingerprint density at radius 1 is 0.312 bits per heavy atom. The Morgan fingerprint density at radius 2 is 0.597 bits per heavy atom. The van der Waals surface area contributed by atoms with Crippen LogP contribution in [0.5, 0.6) is 0 Å². The zero-order valence-corrected chi connectivity index (χ0v) is 61.5. The first kappa shape index (κ1) is 95.9. The number of halogens is 5. The second-order valence-electron chi connectivity index (χ2n) is 30.4. The van der Waals surface area contributed by atoms with Gasteiger partial charge in [0.1, 0.15) is 28.3 Å². The van der Waals surface area contributed by atoms with Crippen molar-refractivity contribution in [3.05, 3.63) is 0 Å². The standard InChI is InChI=1S/C10H21F.C10H22.C9H19F.C9H20.2C7H15F.2C7H16.C6H13F/c1-7(2)9(8(3)4)10(5,6)11;1-7-10(6,8-2)9(3,4)5;1-5-8(6-2)9(4,10)7-3;1-6-8(7-2)9(3,4)5;1-5-7(4,8)6(2)3;1-4-6-7(3,8)5-2;1-6(2)7(3,4)5;1-5-6-7(2,3)4;1-4-6(3,7)5-2/h7-9H,1-6H3;7-8H2,1-6H3;8H,5-7H2,1-4H3;8H,6-7H2,1-5H3;6H,5H2,1-4H3;4-6H2,1-3H3;6H,1-5H3;5-6H2,1-4H3;4-5H2,1-3H3. The van der Waals surface area contributed by atoms with E-state index in [0.29, 0.717) is 77.4 Å². The normalized spacial score (nSPS) is 14.6. The van der Waals surface area contributed by atoms with Gasteiger partial charge in [0.05, 0.1) is 0 Å². The van der Waals surface area contributed by atoms with E-state index in [0.717, 1.165) is 31.1 Å². The second kappa shape index (κ2) is 46.1. The van der Waals surface area contributed by atoms with Gasteiger partial charge >= 0.3 is 0 Å². The average molecular weight is 1120 g/mol. The molecule has 0 amide bonds. The van der Waals surface area contributed by atoms with E-state index in [-0.39, 0.29) is 17.8 Å². The zero-order valence-electron chi connectivity index (χ0n) is 61.5. The number of alkyl halides is 5. The predicted octanol–water partition coefficient (Wildman–Crippen LogP) is 28.3. The number of hydrogen-bond acceptors (Lipinski definition) is 0. The summed E-state index contributed by atoms with van der Waals surface area (Å²) in [5.74, 6) is 3.11. The van der Waals surface area contributed by atoms with Gasteiger partial charge in [0.2, 0.25) is 0 Å². The van der Waals surface area contributed by atoms with Gasteiger partial charge in [-0.3, -0.25) is 0 Å². The van der Waals surface area contributed by atoms with Gasteiger partial charge in [0.15, 0.2) is 0 Å². The maximum Gasteiger partial charge on any atom is 0.110 e. The Morgan fingerprint density at radius 3 is 0.623 bits per heavy atom. The largest absolute Gasteiger partial charge is 0.244 e. The molecule has 480 valence electrons. The van der Waals surface area contributed by atoms with Gasteiger partial charge in [-0.25, -0.2) is 22.0 Å². The smallest absolute Gasteiger partial charge is 0.110 e. The van der Waals surface area contributed by atoms with Crippen LogP contribution < -0.4 is 0 Å². The molecule has 0 aromatic carbocycles. The summed E-state index contributed by atoms with van der Waals surface area (Å²) >= 11 is 0. The molecule has 5 heteroatoms. The third-order valence-corrected chi connectivity index (χ3v) is 17.9. The van der Waals surface area contributed by atoms with Crippen molar-refractivity contribution in [2.24, 2.45) is 68.5 Å². The first-order valence-corrected chi connectivity index (χ1v) is 32.4. The molecular weight excluding hydrogens is 960 g/mol. The molecule has 3 unspecified atom stereocenters. The summed E-state index contributed by atoms with van der Waals surface area (Å²) in [6, 6.07) is 0. The molecule has 0 nitrogen and oxygen atoms in total. The highest BCUT2D eigenvalue weighted by Crippen LogP contribution is 2.43. The van der Waals surface area contributed by atoms with Crippen molar-refractivity contribution in [2.75, 3.05) is 0 Å². The highest BCUT2D eigenvalue weighted by molar-refractivity contribution is 4.84. The van der Waals surface area contributed by atoms with Crippen LogP contribution >= 0.6 is 0 Å². The lowest BCUT2D eigenvalue weighted by atomic mass is 9.65. The van der Waals surface area contributed by atoms with Crippen LogP contribution in [0.15, 0.2) is 0 Å². The first-order chi connectivity index (χ1) is 34.0. The van der Waals surface area contributed by atoms with E-state index in [9.17, 15) is 22.0 Å². The summed E-state index contributed by atoms with van der Waals surface area (Å²) in [5.41, 5.74) is -2.22. The molecule has 0 aromatic heterocycles. The first-order valence-electron chi connectivity index (χ1n) is 32.4. The van der Waals surface area contributed by atoms with Crippen LogP contribution in [-0.4, -0.2) is 28.3 Å². The molecule has 0 aromatic rings. The van der Waals surface area contributed by atoms with E-state index in [1.807, 2.05) is 55.4 Å². The van der Waals surface area contributed by atoms with Crippen LogP contribution in [0.2, 0.25) is 0 Å². The minimum absolute atomic E-state index is 0.146. The van der Waals surface area contributed by atoms with Crippen molar-refractivity contribution >= 4 is 0 Å². The molecular formula is C72H157F5. The lowest BCUT2D eigenvalue weighted by Gasteiger charge is -2.40. The van der Waals surface area contributed by atoms with Crippen molar-refractivity contribution < 1.29 is 22.0 Å². The molecule has 0 aliphatic heterocycles. The third kappa shape index (κ3) is 58.6. The van der Waals surface area contributed by atoms with E-state index in [1.165, 1.54) is 38.5 Å². The Bertz CT molecular complexity index is 1180. The third-order valence-electron chi connectivity index (χ3n) is 17.9. The van der Waals surface area contributed by atoms with E-state index < -0.39 is 28.3 Å². The van der Waals surface area contributed by atoms with Crippen molar-refractivity contribution in [3.63, 3.8) is 0 Å². The lowest BCUT2D eigenvalue weighted by molar-refractivity contribution is 0.0561. The summed E-state index contributed by atoms with van der Waals surface area (Å²) in [7, 11) is 0. The molecule has 0 saturated carbocycles. The monoisotopic (exact) mass is 1120 g/mol. The Kier molecular flexibility index (Phi) is 57.4. The molecule has 0 spiro atoms. The van der Waals surface area contributed by atoms with Crippen molar-refractivity contribution in [1.82, 2.24) is 0 Å². The Labute approximate surface area is 490 Å². The van der Waals surface area contributed by atoms with Crippen LogP contribution in [0.3, 0.4) is 0 Å². The van der Waals surface area contributed by atoms with E-state index in [1.54, 1.807) is 41.5 Å². The minimum Gasteiger partial charge on any atom is -0.244 e. The molecule has 0 radical (unpaired) electrons. The zero-order chi connectivity index (χ0) is 64.6. The predicted molar refractivity (Wildman–Crippen MR) is 352 cm³/mol. The molecule has 0 rings (SSSR count). The van der Waals surface area contributed by atoms with Crippen LogP contribution in [0.25, 0.3) is 0 Å². The molecule has 0 N–H and O–H groups in total. The van der Waals surface area contributed by atoms with Crippen LogP contribution in [0.4, 0.5) is 22.0 Å². The topological polar surface area (TPSA) is 0 Å². The van der Waals surface area contributed by atoms with Crippen molar-refractivity contribution in [2.45, 2.75) is 402 Å². The fourth-order valence-electron chi connectivity index (χ4n) is 8.71. The van der Waals surface area contributed by atoms with Gasteiger partial charge < -0.3 is 0 Å². The van der Waals surface area contributed by atoms with Gasteiger partial charge in [0, 0.05) is 0 Å². The Hall–Kier alpha value is -0.350. The highest BCUT2D eigenvalue weighted by Gasteiger charge is 2.35. The quantitative estimate of drug-likeness (QED) is 0.113. The average Bonchev–Trinajstić information content (AvgIpc) is 3.26. The maximum atomic E-state index is 13.6. The van der Waals surface area contributed by atoms with E-state index in [2.05, 4.69) is 180 Å². The van der Waals surface area contributed by atoms with Gasteiger partial charge in [-0.2, -0.15) is 0 Å². The lowest BCUT2D eigenvalue weighted by Crippen LogP contribution is -2.34. The summed E-state index contributed by atoms with van der Waals surface area (Å²) in [4.78, 5) is 0. The maximum absolute atomic E-state index is 13.6. The van der Waals surface area contributed by atoms with Gasteiger partial charge in [-0.15, -0.1) is 0 Å². The van der Waals surface area contributed by atoms with Crippen LogP contribution in [0.1, 0.15) is 373 Å². The molecule has 0 heterocycles. The highest BCUT2D eigenvalue weighted by atomic mass is 19.2. The summed E-state index contributed by atoms with van der Waals surface area (Å²) < 4.78 is 65.4. The van der Waals surface area contributed by atoms with Gasteiger partial charge in [0.25, 0.3) is 0 Å². The SMILES string of the molecule is CC(C)C(C(C)C)C(C)(C)F.CC(C)C(C)(C)C.CCC(C)(CC)C(C)(C)C.CCC(C)(F)C(C)C.CCC(C)(F)CC.CCC(CC)C(C)(C)C.CCC(CC)C(C)(F)CC.CCCC(C)(C)C.CCCC(C)(F)CC. The fraction of sp³-hybridized carbons (Fsp3) is 1.00. The fourth-order valence-corrected chi connectivity index (χ4v) is 8.71. The summed E-state index contributed by atoms with van der Waals surface area (Å²) in [6.45, 7) is 83.5. The molecule has 77 heavy (non-hydrogen) atoms. The van der Waals surface area contributed by atoms with Gasteiger partial charge in [-0.05, 0) is 155 Å². The molecule has 0 bridgehead atoms. The molecule has 0 aliphatic rings. The molecule has 0 aliphatic carbocycles. The number of rotatable bonds is 19. The molecule has 0 fully saturated rings. The minimum atomic E-state index is -1.04. The molecule has 3 atom stereocenters. The number of hydrogen-bond donors (Lipinski definition) is 0.